The number of rotatable bonds is 2. The van der Waals surface area contributed by atoms with Crippen molar-refractivity contribution in [3.63, 3.8) is 0 Å². The lowest BCUT2D eigenvalue weighted by molar-refractivity contribution is 0.589. The average Bonchev–Trinajstić information content (AvgIpc) is 2.05. The van der Waals surface area contributed by atoms with Gasteiger partial charge in [-0.05, 0) is 29.5 Å². The lowest BCUT2D eigenvalue weighted by Crippen LogP contribution is -2.11. The van der Waals surface area contributed by atoms with Crippen LogP contribution in [0, 0.1) is 6.92 Å². The molecular formula is C14H22S. The maximum absolute atomic E-state index is 2.32. The molecule has 0 spiro atoms. The van der Waals surface area contributed by atoms with Gasteiger partial charge >= 0.3 is 0 Å². The minimum Gasteiger partial charge on any atom is -0.123 e. The molecule has 0 nitrogen and oxygen atoms in total. The van der Waals surface area contributed by atoms with Gasteiger partial charge in [0, 0.05) is 10.1 Å². The Hall–Kier alpha value is -0.430. The monoisotopic (exact) mass is 222 g/mol. The molecule has 0 heterocycles. The smallest absolute Gasteiger partial charge is 0.0104 e. The van der Waals surface area contributed by atoms with Crippen LogP contribution >= 0.6 is 11.8 Å². The summed E-state index contributed by atoms with van der Waals surface area (Å²) in [5.41, 5.74) is 3.08. The van der Waals surface area contributed by atoms with E-state index in [1.807, 2.05) is 11.8 Å². The van der Waals surface area contributed by atoms with Gasteiger partial charge < -0.3 is 0 Å². The van der Waals surface area contributed by atoms with Gasteiger partial charge in [-0.25, -0.2) is 0 Å². The highest BCUT2D eigenvalue weighted by atomic mass is 32.2. The molecule has 15 heavy (non-hydrogen) atoms. The Labute approximate surface area is 98.5 Å². The van der Waals surface area contributed by atoms with E-state index in [1.54, 1.807) is 0 Å². The first-order chi connectivity index (χ1) is 6.80. The molecule has 0 saturated carbocycles. The summed E-state index contributed by atoms with van der Waals surface area (Å²) < 4.78 is 0. The number of aryl methyl sites for hydroxylation is 1. The standard InChI is InChI=1S/C14H22S/c1-10(2)15-13-8-7-12(9-11(13)3)14(4,5)6/h7-10H,1-6H3. The Morgan fingerprint density at radius 2 is 1.73 bits per heavy atom. The largest absolute Gasteiger partial charge is 0.123 e. The zero-order chi connectivity index (χ0) is 11.6. The molecule has 0 atom stereocenters. The lowest BCUT2D eigenvalue weighted by Gasteiger charge is -2.20. The molecule has 1 heteroatoms. The van der Waals surface area contributed by atoms with Gasteiger partial charge in [0.05, 0.1) is 0 Å². The molecule has 1 aromatic rings. The normalized spacial score (nSPS) is 12.2. The molecule has 0 amide bonds. The SMILES string of the molecule is Cc1cc(C(C)(C)C)ccc1SC(C)C. The van der Waals surface area contributed by atoms with Crippen molar-refractivity contribution >= 4 is 11.8 Å². The van der Waals surface area contributed by atoms with E-state index in [2.05, 4.69) is 59.7 Å². The molecule has 0 aliphatic heterocycles. The van der Waals surface area contributed by atoms with Gasteiger partial charge in [-0.3, -0.25) is 0 Å². The van der Waals surface area contributed by atoms with Crippen molar-refractivity contribution in [2.45, 2.75) is 57.1 Å². The maximum atomic E-state index is 2.32. The van der Waals surface area contributed by atoms with Crippen LogP contribution < -0.4 is 0 Å². The molecule has 84 valence electrons. The van der Waals surface area contributed by atoms with E-state index >= 15 is 0 Å². The lowest BCUT2D eigenvalue weighted by atomic mass is 9.86. The van der Waals surface area contributed by atoms with Crippen molar-refractivity contribution in [2.24, 2.45) is 0 Å². The summed E-state index contributed by atoms with van der Waals surface area (Å²) in [6.07, 6.45) is 0. The van der Waals surface area contributed by atoms with E-state index < -0.39 is 0 Å². The van der Waals surface area contributed by atoms with E-state index in [4.69, 9.17) is 0 Å². The van der Waals surface area contributed by atoms with Gasteiger partial charge in [-0.2, -0.15) is 0 Å². The van der Waals surface area contributed by atoms with Crippen LogP contribution in [0.3, 0.4) is 0 Å². The van der Waals surface area contributed by atoms with Crippen LogP contribution in [0.25, 0.3) is 0 Å². The van der Waals surface area contributed by atoms with E-state index in [9.17, 15) is 0 Å². The second-order valence-corrected chi connectivity index (χ2v) is 7.02. The molecule has 0 unspecified atom stereocenters. The molecule has 0 aliphatic carbocycles. The molecule has 0 saturated heterocycles. The molecule has 0 N–H and O–H groups in total. The quantitative estimate of drug-likeness (QED) is 0.648. The summed E-state index contributed by atoms with van der Waals surface area (Å²) in [6.45, 7) is 13.5. The minimum atomic E-state index is 0.256. The second-order valence-electron chi connectivity index (χ2n) is 5.40. The van der Waals surface area contributed by atoms with Crippen molar-refractivity contribution < 1.29 is 0 Å². The predicted molar refractivity (Wildman–Crippen MR) is 70.9 cm³/mol. The van der Waals surface area contributed by atoms with Gasteiger partial charge in [0.1, 0.15) is 0 Å². The Morgan fingerprint density at radius 1 is 1.13 bits per heavy atom. The van der Waals surface area contributed by atoms with Crippen LogP contribution in [0.4, 0.5) is 0 Å². The second kappa shape index (κ2) is 4.61. The van der Waals surface area contributed by atoms with Crippen molar-refractivity contribution in [3.8, 4) is 0 Å². The van der Waals surface area contributed by atoms with Crippen LogP contribution in [0.1, 0.15) is 45.7 Å². The van der Waals surface area contributed by atoms with Crippen molar-refractivity contribution in [1.82, 2.24) is 0 Å². The van der Waals surface area contributed by atoms with Gasteiger partial charge in [0.2, 0.25) is 0 Å². The fourth-order valence-electron chi connectivity index (χ4n) is 1.50. The summed E-state index contributed by atoms with van der Waals surface area (Å²) in [5.74, 6) is 0. The van der Waals surface area contributed by atoms with Gasteiger partial charge in [0.15, 0.2) is 0 Å². The molecule has 0 aromatic heterocycles. The van der Waals surface area contributed by atoms with Crippen LogP contribution in [0.5, 0.6) is 0 Å². The molecule has 1 rings (SSSR count). The predicted octanol–water partition coefficient (Wildman–Crippen LogP) is 4.79. The number of hydrogen-bond donors (Lipinski definition) is 0. The third kappa shape index (κ3) is 3.57. The summed E-state index contributed by atoms with van der Waals surface area (Å²) in [4.78, 5) is 1.41. The van der Waals surface area contributed by atoms with Crippen LogP contribution in [-0.2, 0) is 5.41 Å². The fraction of sp³-hybridized carbons (Fsp3) is 0.571. The first-order valence-corrected chi connectivity index (χ1v) is 6.46. The fourth-order valence-corrected chi connectivity index (χ4v) is 2.40. The molecule has 0 fully saturated rings. The molecule has 0 bridgehead atoms. The highest BCUT2D eigenvalue weighted by Gasteiger charge is 2.14. The first kappa shape index (κ1) is 12.6. The first-order valence-electron chi connectivity index (χ1n) is 5.58. The van der Waals surface area contributed by atoms with Gasteiger partial charge in [-0.1, -0.05) is 46.8 Å². The third-order valence-electron chi connectivity index (χ3n) is 2.40. The highest BCUT2D eigenvalue weighted by Crippen LogP contribution is 2.30. The van der Waals surface area contributed by atoms with Crippen molar-refractivity contribution in [2.75, 3.05) is 0 Å². The van der Waals surface area contributed by atoms with Gasteiger partial charge in [0.25, 0.3) is 0 Å². The Kier molecular flexibility index (Phi) is 3.88. The molecule has 1 aromatic carbocycles. The average molecular weight is 222 g/mol. The Morgan fingerprint density at radius 3 is 2.13 bits per heavy atom. The van der Waals surface area contributed by atoms with E-state index in [0.29, 0.717) is 5.25 Å². The zero-order valence-corrected chi connectivity index (χ0v) is 11.5. The third-order valence-corrected chi connectivity index (χ3v) is 3.59. The highest BCUT2D eigenvalue weighted by molar-refractivity contribution is 8.00. The van der Waals surface area contributed by atoms with Gasteiger partial charge in [-0.15, -0.1) is 11.8 Å². The summed E-state index contributed by atoms with van der Waals surface area (Å²) >= 11 is 1.94. The maximum Gasteiger partial charge on any atom is 0.0104 e. The van der Waals surface area contributed by atoms with E-state index in [-0.39, 0.29) is 5.41 Å². The zero-order valence-electron chi connectivity index (χ0n) is 10.7. The summed E-state index contributed by atoms with van der Waals surface area (Å²) in [5, 5.41) is 0.657. The molecule has 0 aliphatic rings. The van der Waals surface area contributed by atoms with Crippen LogP contribution in [0.2, 0.25) is 0 Å². The van der Waals surface area contributed by atoms with Crippen molar-refractivity contribution in [3.05, 3.63) is 29.3 Å². The summed E-state index contributed by atoms with van der Waals surface area (Å²) in [7, 11) is 0. The number of thioether (sulfide) groups is 1. The van der Waals surface area contributed by atoms with Crippen molar-refractivity contribution in [1.29, 1.82) is 0 Å². The van der Waals surface area contributed by atoms with Crippen LogP contribution in [0.15, 0.2) is 23.1 Å². The topological polar surface area (TPSA) is 0 Å². The minimum absolute atomic E-state index is 0.256. The Bertz CT molecular complexity index is 332. The Balaban J connectivity index is 2.98. The number of benzene rings is 1. The van der Waals surface area contributed by atoms with Crippen LogP contribution in [-0.4, -0.2) is 5.25 Å². The van der Waals surface area contributed by atoms with E-state index in [1.165, 1.54) is 16.0 Å². The summed E-state index contributed by atoms with van der Waals surface area (Å²) in [6, 6.07) is 6.85. The molecule has 0 radical (unpaired) electrons. The molecular weight excluding hydrogens is 200 g/mol. The van der Waals surface area contributed by atoms with E-state index in [0.717, 1.165) is 0 Å². The number of hydrogen-bond acceptors (Lipinski definition) is 1.